The molecule has 0 radical (unpaired) electrons. The van der Waals surface area contributed by atoms with Crippen LogP contribution in [0.5, 0.6) is 0 Å². The van der Waals surface area contributed by atoms with Crippen molar-refractivity contribution in [2.24, 2.45) is 5.10 Å². The van der Waals surface area contributed by atoms with Crippen molar-refractivity contribution in [1.82, 2.24) is 14.8 Å². The molecule has 1 aromatic carbocycles. The van der Waals surface area contributed by atoms with Crippen LogP contribution in [0.1, 0.15) is 23.9 Å². The molecule has 0 spiro atoms. The van der Waals surface area contributed by atoms with Crippen LogP contribution in [0.3, 0.4) is 0 Å². The minimum Gasteiger partial charge on any atom is -0.448 e. The van der Waals surface area contributed by atoms with Crippen LogP contribution in [0, 0.1) is 13.8 Å². The Labute approximate surface area is 142 Å². The van der Waals surface area contributed by atoms with E-state index in [0.717, 1.165) is 21.4 Å². The largest absolute Gasteiger partial charge is 0.448 e. The minimum absolute atomic E-state index is 0.165. The Bertz CT molecular complexity index is 784. The monoisotopic (exact) mass is 376 g/mol. The second-order valence-electron chi connectivity index (χ2n) is 5.46. The Balaban J connectivity index is 1.85. The van der Waals surface area contributed by atoms with Crippen LogP contribution < -0.4 is 0 Å². The molecule has 0 aliphatic carbocycles. The molecule has 7 heteroatoms. The lowest BCUT2D eigenvalue weighted by Crippen LogP contribution is -2.36. The van der Waals surface area contributed by atoms with E-state index in [-0.39, 0.29) is 5.91 Å². The molecule has 3 rings (SSSR count). The van der Waals surface area contributed by atoms with E-state index < -0.39 is 6.23 Å². The maximum absolute atomic E-state index is 11.9. The number of aromatic nitrogens is 2. The summed E-state index contributed by atoms with van der Waals surface area (Å²) in [6, 6.07) is 9.62. The molecule has 1 amide bonds. The highest BCUT2D eigenvalue weighted by molar-refractivity contribution is 9.10. The molecule has 0 saturated carbocycles. The van der Waals surface area contributed by atoms with E-state index in [0.29, 0.717) is 12.4 Å². The van der Waals surface area contributed by atoms with Crippen LogP contribution in [0.15, 0.2) is 39.9 Å². The lowest BCUT2D eigenvalue weighted by Gasteiger charge is -2.19. The van der Waals surface area contributed by atoms with Crippen LogP contribution >= 0.6 is 15.9 Å². The Kier molecular flexibility index (Phi) is 4.21. The van der Waals surface area contributed by atoms with Gasteiger partial charge in [0.05, 0.1) is 12.2 Å². The van der Waals surface area contributed by atoms with Crippen molar-refractivity contribution in [2.45, 2.75) is 33.5 Å². The van der Waals surface area contributed by atoms with Crippen molar-refractivity contribution < 1.29 is 9.53 Å². The van der Waals surface area contributed by atoms with Gasteiger partial charge in [-0.2, -0.15) is 10.1 Å². The first-order valence-electron chi connectivity index (χ1n) is 7.26. The summed E-state index contributed by atoms with van der Waals surface area (Å²) in [5.41, 5.74) is 2.77. The topological polar surface area (TPSA) is 59.7 Å². The number of amides is 1. The van der Waals surface area contributed by atoms with Crippen LogP contribution in [-0.4, -0.2) is 32.8 Å². The van der Waals surface area contributed by atoms with Gasteiger partial charge in [-0.1, -0.05) is 22.0 Å². The average molecular weight is 377 g/mol. The molecule has 1 atom stereocenters. The van der Waals surface area contributed by atoms with E-state index >= 15 is 0 Å². The Hall–Kier alpha value is -2.15. The molecule has 6 nitrogen and oxygen atoms in total. The summed E-state index contributed by atoms with van der Waals surface area (Å²) in [6.45, 7) is 5.82. The van der Waals surface area contributed by atoms with E-state index in [2.05, 4.69) is 26.1 Å². The summed E-state index contributed by atoms with van der Waals surface area (Å²) < 4.78 is 8.68. The number of halogens is 1. The van der Waals surface area contributed by atoms with Crippen LogP contribution in [0.4, 0.5) is 0 Å². The molecule has 2 aromatic rings. The van der Waals surface area contributed by atoms with Crippen molar-refractivity contribution in [3.05, 3.63) is 51.8 Å². The summed E-state index contributed by atoms with van der Waals surface area (Å²) in [6.07, 6.45) is -0.500. The molecule has 0 N–H and O–H groups in total. The normalized spacial score (nSPS) is 17.1. The highest BCUT2D eigenvalue weighted by Gasteiger charge is 2.32. The number of aryl methyl sites for hydroxylation is 2. The summed E-state index contributed by atoms with van der Waals surface area (Å²) in [5, 5.41) is 10.1. The van der Waals surface area contributed by atoms with Gasteiger partial charge in [0.25, 0.3) is 0 Å². The van der Waals surface area contributed by atoms with Gasteiger partial charge in [0.2, 0.25) is 18.0 Å². The van der Waals surface area contributed by atoms with Crippen LogP contribution in [-0.2, 0) is 16.1 Å². The fourth-order valence-corrected chi connectivity index (χ4v) is 2.91. The molecule has 0 bridgehead atoms. The van der Waals surface area contributed by atoms with E-state index in [4.69, 9.17) is 4.74 Å². The van der Waals surface area contributed by atoms with E-state index in [1.807, 2.05) is 48.9 Å². The zero-order valence-electron chi connectivity index (χ0n) is 13.2. The molecule has 1 aliphatic heterocycles. The van der Waals surface area contributed by atoms with Crippen LogP contribution in [0.2, 0.25) is 0 Å². The average Bonchev–Trinajstić information content (AvgIpc) is 3.03. The lowest BCUT2D eigenvalue weighted by molar-refractivity contribution is -0.135. The van der Waals surface area contributed by atoms with Gasteiger partial charge >= 0.3 is 0 Å². The predicted octanol–water partition coefficient (Wildman–Crippen LogP) is 2.83. The fourth-order valence-electron chi connectivity index (χ4n) is 2.51. The van der Waals surface area contributed by atoms with E-state index in [1.165, 1.54) is 11.9 Å². The maximum atomic E-state index is 11.9. The van der Waals surface area contributed by atoms with Gasteiger partial charge in [-0.3, -0.25) is 9.48 Å². The number of carbonyl (C=O) groups is 1. The van der Waals surface area contributed by atoms with Crippen molar-refractivity contribution in [2.75, 3.05) is 0 Å². The molecule has 1 aromatic heterocycles. The molecule has 0 saturated heterocycles. The standard InChI is InChI=1S/C16H17BrN4O2/c1-10-7-11(2)20(18-10)9-15-21(12(3)22)19-16(23-15)13-5-4-6-14(17)8-13/h4-8,15H,9H2,1-3H3. The number of hydrazone groups is 1. The van der Waals surface area contributed by atoms with Crippen molar-refractivity contribution in [3.8, 4) is 0 Å². The molecular formula is C16H17BrN4O2. The number of ether oxygens (including phenoxy) is 1. The first-order chi connectivity index (χ1) is 10.9. The van der Waals surface area contributed by atoms with Crippen molar-refractivity contribution in [1.29, 1.82) is 0 Å². The Morgan fingerprint density at radius 1 is 1.35 bits per heavy atom. The van der Waals surface area contributed by atoms with Crippen molar-refractivity contribution in [3.63, 3.8) is 0 Å². The third kappa shape index (κ3) is 3.29. The minimum atomic E-state index is -0.500. The fraction of sp³-hybridized carbons (Fsp3) is 0.312. The van der Waals surface area contributed by atoms with Gasteiger partial charge in [0, 0.05) is 22.7 Å². The number of rotatable bonds is 3. The summed E-state index contributed by atoms with van der Waals surface area (Å²) in [7, 11) is 0. The maximum Gasteiger partial charge on any atom is 0.243 e. The molecule has 1 unspecified atom stereocenters. The third-order valence-corrected chi connectivity index (χ3v) is 4.04. The number of hydrogen-bond acceptors (Lipinski definition) is 4. The first-order valence-corrected chi connectivity index (χ1v) is 8.05. The van der Waals surface area contributed by atoms with Crippen LogP contribution in [0.25, 0.3) is 0 Å². The summed E-state index contributed by atoms with van der Waals surface area (Å²) in [4.78, 5) is 11.9. The van der Waals surface area contributed by atoms with Gasteiger partial charge in [-0.05, 0) is 38.1 Å². The highest BCUT2D eigenvalue weighted by Crippen LogP contribution is 2.21. The van der Waals surface area contributed by atoms with Gasteiger partial charge in [0.1, 0.15) is 0 Å². The number of hydrogen-bond donors (Lipinski definition) is 0. The van der Waals surface area contributed by atoms with Crippen molar-refractivity contribution >= 4 is 27.7 Å². The zero-order valence-corrected chi connectivity index (χ0v) is 14.7. The first kappa shape index (κ1) is 15.7. The molecule has 23 heavy (non-hydrogen) atoms. The van der Waals surface area contributed by atoms with Gasteiger partial charge in [-0.25, -0.2) is 0 Å². The predicted molar refractivity (Wildman–Crippen MR) is 89.8 cm³/mol. The van der Waals surface area contributed by atoms with E-state index in [1.54, 1.807) is 0 Å². The quantitative estimate of drug-likeness (QED) is 0.827. The SMILES string of the molecule is CC(=O)N1N=C(c2cccc(Br)c2)OC1Cn1nc(C)cc1C. The molecule has 1 aliphatic rings. The third-order valence-electron chi connectivity index (χ3n) is 3.55. The molecule has 0 fully saturated rings. The summed E-state index contributed by atoms with van der Waals surface area (Å²) in [5.74, 6) is 0.273. The smallest absolute Gasteiger partial charge is 0.243 e. The Morgan fingerprint density at radius 3 is 2.74 bits per heavy atom. The molecular weight excluding hydrogens is 360 g/mol. The van der Waals surface area contributed by atoms with Gasteiger partial charge < -0.3 is 4.74 Å². The number of nitrogens with zero attached hydrogens (tertiary/aromatic N) is 4. The number of carbonyl (C=O) groups excluding carboxylic acids is 1. The molecule has 120 valence electrons. The highest BCUT2D eigenvalue weighted by atomic mass is 79.9. The second-order valence-corrected chi connectivity index (χ2v) is 6.38. The lowest BCUT2D eigenvalue weighted by atomic mass is 10.2. The Morgan fingerprint density at radius 2 is 2.13 bits per heavy atom. The van der Waals surface area contributed by atoms with Gasteiger partial charge in [-0.15, -0.1) is 5.10 Å². The second kappa shape index (κ2) is 6.16. The van der Waals surface area contributed by atoms with Gasteiger partial charge in [0.15, 0.2) is 0 Å². The number of benzene rings is 1. The molecule has 2 heterocycles. The van der Waals surface area contributed by atoms with E-state index in [9.17, 15) is 4.79 Å². The zero-order chi connectivity index (χ0) is 16.6. The summed E-state index contributed by atoms with van der Waals surface area (Å²) >= 11 is 3.43.